The zero-order valence-electron chi connectivity index (χ0n) is 10.3. The summed E-state index contributed by atoms with van der Waals surface area (Å²) in [5.74, 6) is -0.856. The minimum atomic E-state index is -0.499. The van der Waals surface area contributed by atoms with E-state index in [-0.39, 0.29) is 5.91 Å². The number of esters is 1. The molecule has 1 N–H and O–H groups in total. The van der Waals surface area contributed by atoms with Crippen molar-refractivity contribution in [3.63, 3.8) is 0 Å². The molecule has 0 spiro atoms. The molecule has 0 unspecified atom stereocenters. The highest BCUT2D eigenvalue weighted by atomic mass is 32.1. The predicted molar refractivity (Wildman–Crippen MR) is 70.4 cm³/mol. The Morgan fingerprint density at radius 1 is 1.37 bits per heavy atom. The van der Waals surface area contributed by atoms with E-state index in [1.54, 1.807) is 18.2 Å². The molecule has 2 aromatic rings. The number of benzene rings is 1. The second kappa shape index (κ2) is 5.57. The van der Waals surface area contributed by atoms with Gasteiger partial charge >= 0.3 is 5.97 Å². The molecule has 6 nitrogen and oxygen atoms in total. The lowest BCUT2D eigenvalue weighted by molar-refractivity contribution is 0.0602. The molecule has 0 aliphatic rings. The van der Waals surface area contributed by atoms with Gasteiger partial charge in [-0.25, -0.2) is 4.79 Å². The average Bonchev–Trinajstić information content (AvgIpc) is 2.94. The van der Waals surface area contributed by atoms with Crippen LogP contribution in [0.25, 0.3) is 0 Å². The van der Waals surface area contributed by atoms with Gasteiger partial charge in [0.2, 0.25) is 0 Å². The fraction of sp³-hybridized carbons (Fsp3) is 0.167. The highest BCUT2D eigenvalue weighted by molar-refractivity contribution is 7.07. The summed E-state index contributed by atoms with van der Waals surface area (Å²) in [4.78, 5) is 23.9. The van der Waals surface area contributed by atoms with E-state index in [9.17, 15) is 9.59 Å². The van der Waals surface area contributed by atoms with E-state index in [0.717, 1.165) is 17.1 Å². The Morgan fingerprint density at radius 2 is 2.16 bits per heavy atom. The van der Waals surface area contributed by atoms with E-state index in [4.69, 9.17) is 4.74 Å². The number of carbonyl (C=O) groups is 2. The topological polar surface area (TPSA) is 81.2 Å². The van der Waals surface area contributed by atoms with Crippen LogP contribution >= 0.6 is 11.5 Å². The maximum Gasteiger partial charge on any atom is 0.339 e. The minimum absolute atomic E-state index is 0.313. The number of ether oxygens (including phenoxy) is 1. The fourth-order valence-corrected chi connectivity index (χ4v) is 1.91. The standard InChI is InChI=1S/C12H11N3O3S/c1-7-3-4-9(8(5-7)12(17)18-2)14-11(16)10-6-13-15-19-10/h3-6H,1-2H3,(H,14,16). The Balaban J connectivity index is 2.29. The summed E-state index contributed by atoms with van der Waals surface area (Å²) in [5.41, 5.74) is 1.61. The highest BCUT2D eigenvalue weighted by Gasteiger charge is 2.16. The molecule has 0 fully saturated rings. The molecule has 0 saturated heterocycles. The minimum Gasteiger partial charge on any atom is -0.465 e. The Bertz CT molecular complexity index is 611. The van der Waals surface area contributed by atoms with Gasteiger partial charge in [0.05, 0.1) is 24.6 Å². The maximum atomic E-state index is 11.9. The largest absolute Gasteiger partial charge is 0.465 e. The van der Waals surface area contributed by atoms with Gasteiger partial charge in [-0.15, -0.1) is 5.10 Å². The van der Waals surface area contributed by atoms with Crippen molar-refractivity contribution in [3.8, 4) is 0 Å². The van der Waals surface area contributed by atoms with Gasteiger partial charge in [0, 0.05) is 0 Å². The number of carbonyl (C=O) groups excluding carboxylic acids is 2. The van der Waals surface area contributed by atoms with Gasteiger partial charge in [0.25, 0.3) is 5.91 Å². The third kappa shape index (κ3) is 2.94. The number of anilines is 1. The van der Waals surface area contributed by atoms with Crippen molar-refractivity contribution >= 4 is 29.1 Å². The Kier molecular flexibility index (Phi) is 3.86. The molecule has 0 aliphatic carbocycles. The van der Waals surface area contributed by atoms with Gasteiger partial charge in [0.15, 0.2) is 0 Å². The van der Waals surface area contributed by atoms with Crippen molar-refractivity contribution in [2.75, 3.05) is 12.4 Å². The van der Waals surface area contributed by atoms with Gasteiger partial charge in [-0.3, -0.25) is 4.79 Å². The van der Waals surface area contributed by atoms with E-state index in [1.165, 1.54) is 13.3 Å². The van der Waals surface area contributed by atoms with Gasteiger partial charge in [0.1, 0.15) is 4.88 Å². The Morgan fingerprint density at radius 3 is 2.79 bits per heavy atom. The van der Waals surface area contributed by atoms with E-state index in [2.05, 4.69) is 14.9 Å². The van der Waals surface area contributed by atoms with Gasteiger partial charge in [-0.1, -0.05) is 16.1 Å². The molecule has 2 rings (SSSR count). The number of hydrogen-bond acceptors (Lipinski definition) is 6. The van der Waals surface area contributed by atoms with Gasteiger partial charge in [-0.05, 0) is 30.6 Å². The van der Waals surface area contributed by atoms with Crippen LogP contribution in [0.2, 0.25) is 0 Å². The number of nitrogens with one attached hydrogen (secondary N) is 1. The molecule has 19 heavy (non-hydrogen) atoms. The Hall–Kier alpha value is -2.28. The summed E-state index contributed by atoms with van der Waals surface area (Å²) >= 11 is 0.984. The zero-order chi connectivity index (χ0) is 13.8. The summed E-state index contributed by atoms with van der Waals surface area (Å²) in [6.07, 6.45) is 1.37. The number of aryl methyl sites for hydroxylation is 1. The highest BCUT2D eigenvalue weighted by Crippen LogP contribution is 2.19. The van der Waals surface area contributed by atoms with Crippen LogP contribution in [0.4, 0.5) is 5.69 Å². The first-order valence-corrected chi connectivity index (χ1v) is 6.17. The maximum absolute atomic E-state index is 11.9. The van der Waals surface area contributed by atoms with Crippen LogP contribution in [0.5, 0.6) is 0 Å². The van der Waals surface area contributed by atoms with E-state index < -0.39 is 5.97 Å². The van der Waals surface area contributed by atoms with Crippen molar-refractivity contribution in [2.24, 2.45) is 0 Å². The number of hydrogen-bond donors (Lipinski definition) is 1. The number of amides is 1. The molecule has 0 atom stereocenters. The lowest BCUT2D eigenvalue weighted by atomic mass is 10.1. The first-order valence-electron chi connectivity index (χ1n) is 5.39. The molecule has 98 valence electrons. The van der Waals surface area contributed by atoms with Crippen molar-refractivity contribution < 1.29 is 14.3 Å². The molecule has 1 aromatic carbocycles. The van der Waals surface area contributed by atoms with Crippen LogP contribution in [-0.2, 0) is 4.74 Å². The van der Waals surface area contributed by atoms with Crippen LogP contribution in [0.1, 0.15) is 25.6 Å². The molecule has 1 aromatic heterocycles. The molecule has 0 saturated carbocycles. The normalized spacial score (nSPS) is 10.0. The van der Waals surface area contributed by atoms with Crippen LogP contribution in [0.3, 0.4) is 0 Å². The number of rotatable bonds is 3. The summed E-state index contributed by atoms with van der Waals surface area (Å²) in [6.45, 7) is 1.85. The Labute approximate surface area is 113 Å². The van der Waals surface area contributed by atoms with Crippen LogP contribution in [0.15, 0.2) is 24.4 Å². The summed E-state index contributed by atoms with van der Waals surface area (Å²) in [5, 5.41) is 6.23. The van der Waals surface area contributed by atoms with Crippen LogP contribution in [0, 0.1) is 6.92 Å². The smallest absolute Gasteiger partial charge is 0.339 e. The molecule has 1 heterocycles. The first kappa shape index (κ1) is 13.2. The van der Waals surface area contributed by atoms with Crippen molar-refractivity contribution in [1.29, 1.82) is 0 Å². The van der Waals surface area contributed by atoms with Crippen molar-refractivity contribution in [1.82, 2.24) is 9.59 Å². The number of aromatic nitrogens is 2. The van der Waals surface area contributed by atoms with Crippen LogP contribution < -0.4 is 5.32 Å². The zero-order valence-corrected chi connectivity index (χ0v) is 11.2. The molecule has 1 amide bonds. The van der Waals surface area contributed by atoms with Crippen molar-refractivity contribution in [3.05, 3.63) is 40.4 Å². The molecular formula is C12H11N3O3S. The average molecular weight is 277 g/mol. The quantitative estimate of drug-likeness (QED) is 0.866. The van der Waals surface area contributed by atoms with Crippen molar-refractivity contribution in [2.45, 2.75) is 6.92 Å². The van der Waals surface area contributed by atoms with E-state index >= 15 is 0 Å². The van der Waals surface area contributed by atoms with Gasteiger partial charge < -0.3 is 10.1 Å². The summed E-state index contributed by atoms with van der Waals surface area (Å²) < 4.78 is 8.30. The van der Waals surface area contributed by atoms with Gasteiger partial charge in [-0.2, -0.15) is 0 Å². The lowest BCUT2D eigenvalue weighted by Gasteiger charge is -2.09. The SMILES string of the molecule is COC(=O)c1cc(C)ccc1NC(=O)c1cnns1. The first-order chi connectivity index (χ1) is 9.11. The third-order valence-electron chi connectivity index (χ3n) is 2.41. The second-order valence-electron chi connectivity index (χ2n) is 3.78. The second-order valence-corrected chi connectivity index (χ2v) is 4.56. The molecule has 0 radical (unpaired) electrons. The third-order valence-corrected chi connectivity index (χ3v) is 3.08. The number of nitrogens with zero attached hydrogens (tertiary/aromatic N) is 2. The fourth-order valence-electron chi connectivity index (χ4n) is 1.50. The summed E-state index contributed by atoms with van der Waals surface area (Å²) in [6, 6.07) is 5.12. The number of methoxy groups -OCH3 is 1. The predicted octanol–water partition coefficient (Wildman–Crippen LogP) is 1.89. The van der Waals surface area contributed by atoms with E-state index in [1.807, 2.05) is 6.92 Å². The van der Waals surface area contributed by atoms with Crippen LogP contribution in [-0.4, -0.2) is 28.6 Å². The molecule has 7 heteroatoms. The molecule has 0 bridgehead atoms. The monoisotopic (exact) mass is 277 g/mol. The summed E-state index contributed by atoms with van der Waals surface area (Å²) in [7, 11) is 1.30. The molecule has 0 aliphatic heterocycles. The lowest BCUT2D eigenvalue weighted by Crippen LogP contribution is -2.14. The molecular weight excluding hydrogens is 266 g/mol. The van der Waals surface area contributed by atoms with E-state index in [0.29, 0.717) is 16.1 Å².